The van der Waals surface area contributed by atoms with E-state index in [2.05, 4.69) is 34.6 Å². The van der Waals surface area contributed by atoms with Crippen molar-refractivity contribution in [2.24, 2.45) is 16.7 Å². The Balaban J connectivity index is 2.07. The second kappa shape index (κ2) is 5.66. The maximum atomic E-state index is 12.2. The summed E-state index contributed by atoms with van der Waals surface area (Å²) in [5, 5.41) is 0. The third kappa shape index (κ3) is 3.18. The van der Waals surface area contributed by atoms with Crippen LogP contribution in [0.5, 0.6) is 0 Å². The SMILES string of the molecule is C/C(CCCC(C)(C)C)=C1\CC[C@H]2C(=O)CCC[C@]12C. The van der Waals surface area contributed by atoms with Gasteiger partial charge in [0, 0.05) is 12.3 Å². The summed E-state index contributed by atoms with van der Waals surface area (Å²) in [4.78, 5) is 12.2. The molecule has 114 valence electrons. The first kappa shape index (κ1) is 15.8. The summed E-state index contributed by atoms with van der Waals surface area (Å²) in [7, 11) is 0. The van der Waals surface area contributed by atoms with Gasteiger partial charge in [-0.3, -0.25) is 4.79 Å². The van der Waals surface area contributed by atoms with Gasteiger partial charge >= 0.3 is 0 Å². The highest BCUT2D eigenvalue weighted by atomic mass is 16.1. The van der Waals surface area contributed by atoms with Gasteiger partial charge in [-0.25, -0.2) is 0 Å². The minimum Gasteiger partial charge on any atom is -0.299 e. The average Bonchev–Trinajstić information content (AvgIpc) is 2.66. The van der Waals surface area contributed by atoms with E-state index in [4.69, 9.17) is 0 Å². The Morgan fingerprint density at radius 3 is 2.65 bits per heavy atom. The van der Waals surface area contributed by atoms with Crippen molar-refractivity contribution in [1.29, 1.82) is 0 Å². The highest BCUT2D eigenvalue weighted by molar-refractivity contribution is 5.84. The zero-order valence-corrected chi connectivity index (χ0v) is 14.1. The molecule has 0 amide bonds. The molecule has 0 radical (unpaired) electrons. The Bertz CT molecular complexity index is 410. The molecular formula is C19H32O. The van der Waals surface area contributed by atoms with Gasteiger partial charge in [-0.1, -0.05) is 38.8 Å². The molecule has 2 aliphatic carbocycles. The van der Waals surface area contributed by atoms with Crippen LogP contribution in [0.3, 0.4) is 0 Å². The molecule has 0 aromatic heterocycles. The van der Waals surface area contributed by atoms with Gasteiger partial charge in [0.1, 0.15) is 5.78 Å². The van der Waals surface area contributed by atoms with E-state index in [1.807, 2.05) is 0 Å². The molecule has 0 spiro atoms. The van der Waals surface area contributed by atoms with Gasteiger partial charge in [0.15, 0.2) is 0 Å². The number of allylic oxidation sites excluding steroid dienone is 2. The molecule has 1 heteroatoms. The number of hydrogen-bond donors (Lipinski definition) is 0. The van der Waals surface area contributed by atoms with Crippen LogP contribution in [0.15, 0.2) is 11.1 Å². The Morgan fingerprint density at radius 1 is 1.30 bits per heavy atom. The lowest BCUT2D eigenvalue weighted by Gasteiger charge is -2.37. The lowest BCUT2D eigenvalue weighted by Crippen LogP contribution is -2.34. The lowest BCUT2D eigenvalue weighted by molar-refractivity contribution is -0.127. The smallest absolute Gasteiger partial charge is 0.136 e. The minimum absolute atomic E-state index is 0.209. The van der Waals surface area contributed by atoms with Crippen molar-refractivity contribution in [1.82, 2.24) is 0 Å². The van der Waals surface area contributed by atoms with Gasteiger partial charge in [0.05, 0.1) is 0 Å². The van der Waals surface area contributed by atoms with E-state index in [0.29, 0.717) is 17.1 Å². The normalized spacial score (nSPS) is 33.2. The molecule has 0 N–H and O–H groups in total. The number of hydrogen-bond acceptors (Lipinski definition) is 1. The fourth-order valence-corrected chi connectivity index (χ4v) is 4.48. The molecule has 2 saturated carbocycles. The van der Waals surface area contributed by atoms with Crippen LogP contribution in [0.2, 0.25) is 0 Å². The molecular weight excluding hydrogens is 244 g/mol. The topological polar surface area (TPSA) is 17.1 Å². The lowest BCUT2D eigenvalue weighted by atomic mass is 9.66. The van der Waals surface area contributed by atoms with Crippen LogP contribution in [0.4, 0.5) is 0 Å². The van der Waals surface area contributed by atoms with Crippen molar-refractivity contribution in [2.45, 2.75) is 86.0 Å². The van der Waals surface area contributed by atoms with Gasteiger partial charge in [-0.05, 0) is 62.7 Å². The first-order valence-corrected chi connectivity index (χ1v) is 8.46. The first-order chi connectivity index (χ1) is 9.24. The van der Waals surface area contributed by atoms with Gasteiger partial charge in [-0.15, -0.1) is 0 Å². The van der Waals surface area contributed by atoms with Crippen molar-refractivity contribution < 1.29 is 4.79 Å². The second-order valence-electron chi connectivity index (χ2n) is 8.50. The van der Waals surface area contributed by atoms with Gasteiger partial charge in [0.2, 0.25) is 0 Å². The Labute approximate surface area is 125 Å². The third-order valence-electron chi connectivity index (χ3n) is 5.64. The van der Waals surface area contributed by atoms with Crippen molar-refractivity contribution in [3.8, 4) is 0 Å². The first-order valence-electron chi connectivity index (χ1n) is 8.46. The van der Waals surface area contributed by atoms with E-state index in [1.54, 1.807) is 11.1 Å². The van der Waals surface area contributed by atoms with E-state index >= 15 is 0 Å². The maximum absolute atomic E-state index is 12.2. The molecule has 20 heavy (non-hydrogen) atoms. The van der Waals surface area contributed by atoms with Crippen molar-refractivity contribution in [2.75, 3.05) is 0 Å². The predicted molar refractivity (Wildman–Crippen MR) is 85.7 cm³/mol. The highest BCUT2D eigenvalue weighted by Crippen LogP contribution is 2.55. The van der Waals surface area contributed by atoms with E-state index in [0.717, 1.165) is 19.3 Å². The minimum atomic E-state index is 0.209. The second-order valence-corrected chi connectivity index (χ2v) is 8.50. The molecule has 1 nitrogen and oxygen atoms in total. The predicted octanol–water partition coefficient (Wildman–Crippen LogP) is 5.69. The number of ketones is 1. The van der Waals surface area contributed by atoms with Crippen LogP contribution < -0.4 is 0 Å². The molecule has 2 atom stereocenters. The van der Waals surface area contributed by atoms with E-state index in [9.17, 15) is 4.79 Å². The van der Waals surface area contributed by atoms with E-state index in [-0.39, 0.29) is 5.41 Å². The molecule has 0 unspecified atom stereocenters. The Kier molecular flexibility index (Phi) is 4.47. The summed E-state index contributed by atoms with van der Waals surface area (Å²) < 4.78 is 0. The van der Waals surface area contributed by atoms with Crippen LogP contribution in [-0.2, 0) is 4.79 Å². The van der Waals surface area contributed by atoms with Crippen molar-refractivity contribution in [3.05, 3.63) is 11.1 Å². The fourth-order valence-electron chi connectivity index (χ4n) is 4.48. The Morgan fingerprint density at radius 2 is 2.00 bits per heavy atom. The summed E-state index contributed by atoms with van der Waals surface area (Å²) in [6.45, 7) is 11.7. The zero-order valence-electron chi connectivity index (χ0n) is 14.1. The molecule has 0 aromatic carbocycles. The number of fused-ring (bicyclic) bond motifs is 1. The molecule has 0 bridgehead atoms. The standard InChI is InChI=1S/C19H32O/c1-14(8-6-12-18(2,3)4)15-10-11-16-17(20)9-7-13-19(15,16)5/h16H,6-13H2,1-5H3/b15-14-/t16-,19+/m0/s1. The van der Waals surface area contributed by atoms with Gasteiger partial charge in [0.25, 0.3) is 0 Å². The van der Waals surface area contributed by atoms with Crippen LogP contribution in [-0.4, -0.2) is 5.78 Å². The third-order valence-corrected chi connectivity index (χ3v) is 5.64. The Hall–Kier alpha value is -0.590. The summed E-state index contributed by atoms with van der Waals surface area (Å²) >= 11 is 0. The molecule has 2 aliphatic rings. The molecule has 0 aromatic rings. The quantitative estimate of drug-likeness (QED) is 0.605. The molecule has 0 heterocycles. The van der Waals surface area contributed by atoms with Crippen LogP contribution in [0.1, 0.15) is 86.0 Å². The monoisotopic (exact) mass is 276 g/mol. The number of Topliss-reactive ketones (excluding diaryl/α,β-unsaturated/α-hetero) is 1. The largest absolute Gasteiger partial charge is 0.299 e. The van der Waals surface area contributed by atoms with Gasteiger partial charge < -0.3 is 0 Å². The van der Waals surface area contributed by atoms with E-state index in [1.165, 1.54) is 32.1 Å². The van der Waals surface area contributed by atoms with Crippen LogP contribution in [0, 0.1) is 16.7 Å². The molecule has 0 saturated heterocycles. The molecule has 2 rings (SSSR count). The maximum Gasteiger partial charge on any atom is 0.136 e. The van der Waals surface area contributed by atoms with Crippen LogP contribution in [0.25, 0.3) is 0 Å². The summed E-state index contributed by atoms with van der Waals surface area (Å²) in [6, 6.07) is 0. The van der Waals surface area contributed by atoms with Crippen molar-refractivity contribution in [3.63, 3.8) is 0 Å². The van der Waals surface area contributed by atoms with Gasteiger partial charge in [-0.2, -0.15) is 0 Å². The summed E-state index contributed by atoms with van der Waals surface area (Å²) in [5.74, 6) is 0.875. The van der Waals surface area contributed by atoms with E-state index < -0.39 is 0 Å². The van der Waals surface area contributed by atoms with Crippen molar-refractivity contribution >= 4 is 5.78 Å². The number of carbonyl (C=O) groups is 1. The number of rotatable bonds is 3. The molecule has 0 aliphatic heterocycles. The molecule has 2 fully saturated rings. The summed E-state index contributed by atoms with van der Waals surface area (Å²) in [6.07, 6.45) is 9.25. The number of carbonyl (C=O) groups excluding carboxylic acids is 1. The van der Waals surface area contributed by atoms with Crippen LogP contribution >= 0.6 is 0 Å². The summed E-state index contributed by atoms with van der Waals surface area (Å²) in [5.41, 5.74) is 3.88. The fraction of sp³-hybridized carbons (Fsp3) is 0.842. The zero-order chi connectivity index (χ0) is 15.0. The average molecular weight is 276 g/mol. The highest BCUT2D eigenvalue weighted by Gasteiger charge is 2.48.